The van der Waals surface area contributed by atoms with Crippen LogP contribution in [-0.4, -0.2) is 31.3 Å². The van der Waals surface area contributed by atoms with Gasteiger partial charge in [-0.25, -0.2) is 4.79 Å². The maximum absolute atomic E-state index is 12.4. The number of carbonyl (C=O) groups is 1. The molecule has 2 aromatic rings. The van der Waals surface area contributed by atoms with Gasteiger partial charge in [0.05, 0.1) is 13.2 Å². The predicted molar refractivity (Wildman–Crippen MR) is 88.8 cm³/mol. The van der Waals surface area contributed by atoms with Crippen molar-refractivity contribution in [2.45, 2.75) is 13.3 Å². The van der Waals surface area contributed by atoms with Gasteiger partial charge in [-0.05, 0) is 53.6 Å². The predicted octanol–water partition coefficient (Wildman–Crippen LogP) is 2.50. The van der Waals surface area contributed by atoms with Crippen LogP contribution < -0.4 is 5.43 Å². The van der Waals surface area contributed by atoms with Crippen molar-refractivity contribution in [3.8, 4) is 0 Å². The van der Waals surface area contributed by atoms with E-state index in [4.69, 9.17) is 9.47 Å². The van der Waals surface area contributed by atoms with Crippen molar-refractivity contribution < 1.29 is 14.3 Å². The molecule has 0 saturated carbocycles. The van der Waals surface area contributed by atoms with E-state index in [1.54, 1.807) is 20.1 Å². The van der Waals surface area contributed by atoms with Crippen LogP contribution in [0.1, 0.15) is 22.8 Å². The largest absolute Gasteiger partial charge is 0.462 e. The number of esters is 1. The number of aromatic nitrogens is 1. The normalized spacial score (nSPS) is 10.8. The van der Waals surface area contributed by atoms with Crippen LogP contribution >= 0.6 is 22.6 Å². The molecule has 0 amide bonds. The molecule has 1 aromatic heterocycles. The Morgan fingerprint density at radius 2 is 2.14 bits per heavy atom. The van der Waals surface area contributed by atoms with Gasteiger partial charge >= 0.3 is 5.97 Å². The molecular formula is C15H16INO4. The maximum Gasteiger partial charge on any atom is 0.343 e. The lowest BCUT2D eigenvalue weighted by atomic mass is 10.1. The number of nitrogens with one attached hydrogen (secondary N) is 1. The Hall–Kier alpha value is -1.41. The molecule has 0 aliphatic rings. The topological polar surface area (TPSA) is 68.4 Å². The van der Waals surface area contributed by atoms with Crippen molar-refractivity contribution in [3.05, 3.63) is 43.2 Å². The number of hydrogen-bond donors (Lipinski definition) is 1. The number of H-pyrrole nitrogens is 1. The van der Waals surface area contributed by atoms with Crippen LogP contribution in [0.3, 0.4) is 0 Å². The summed E-state index contributed by atoms with van der Waals surface area (Å²) >= 11 is 2.19. The van der Waals surface area contributed by atoms with Crippen molar-refractivity contribution in [1.29, 1.82) is 0 Å². The molecule has 0 radical (unpaired) electrons. The van der Waals surface area contributed by atoms with Gasteiger partial charge in [0.15, 0.2) is 0 Å². The van der Waals surface area contributed by atoms with Gasteiger partial charge in [0.2, 0.25) is 5.43 Å². The molecule has 2 rings (SSSR count). The molecular weight excluding hydrogens is 385 g/mol. The van der Waals surface area contributed by atoms with E-state index in [0.717, 1.165) is 15.6 Å². The van der Waals surface area contributed by atoms with Crippen LogP contribution in [0.15, 0.2) is 23.1 Å². The number of fused-ring (bicyclic) bond motifs is 1. The zero-order valence-corrected chi connectivity index (χ0v) is 14.0. The van der Waals surface area contributed by atoms with Crippen LogP contribution in [0.25, 0.3) is 10.9 Å². The van der Waals surface area contributed by atoms with E-state index in [1.165, 1.54) is 6.20 Å². The second-order valence-corrected chi connectivity index (χ2v) is 5.65. The van der Waals surface area contributed by atoms with E-state index in [2.05, 4.69) is 27.6 Å². The molecule has 21 heavy (non-hydrogen) atoms. The van der Waals surface area contributed by atoms with E-state index < -0.39 is 5.97 Å². The number of hydrogen-bond acceptors (Lipinski definition) is 4. The minimum Gasteiger partial charge on any atom is -0.462 e. The third kappa shape index (κ3) is 3.44. The van der Waals surface area contributed by atoms with Gasteiger partial charge in [-0.3, -0.25) is 4.79 Å². The smallest absolute Gasteiger partial charge is 0.343 e. The number of methoxy groups -OCH3 is 1. The van der Waals surface area contributed by atoms with E-state index >= 15 is 0 Å². The summed E-state index contributed by atoms with van der Waals surface area (Å²) in [6, 6.07) is 3.72. The first-order valence-corrected chi connectivity index (χ1v) is 7.66. The van der Waals surface area contributed by atoms with Crippen LogP contribution in [-0.2, 0) is 15.9 Å². The summed E-state index contributed by atoms with van der Waals surface area (Å²) in [5.74, 6) is -0.598. The third-order valence-corrected chi connectivity index (χ3v) is 4.12. The first-order chi connectivity index (χ1) is 10.1. The molecule has 0 spiro atoms. The van der Waals surface area contributed by atoms with Crippen molar-refractivity contribution in [1.82, 2.24) is 4.98 Å². The summed E-state index contributed by atoms with van der Waals surface area (Å²) in [6.07, 6.45) is 2.18. The summed E-state index contributed by atoms with van der Waals surface area (Å²) in [4.78, 5) is 27.1. The van der Waals surface area contributed by atoms with Gasteiger partial charge in [0.1, 0.15) is 5.56 Å². The average molecular weight is 401 g/mol. The second-order valence-electron chi connectivity index (χ2n) is 4.48. The Kier molecular flexibility index (Phi) is 5.35. The summed E-state index contributed by atoms with van der Waals surface area (Å²) in [7, 11) is 1.65. The highest BCUT2D eigenvalue weighted by Gasteiger charge is 2.15. The first kappa shape index (κ1) is 16.0. The van der Waals surface area contributed by atoms with Gasteiger partial charge in [-0.15, -0.1) is 0 Å². The number of benzene rings is 1. The Balaban J connectivity index is 2.51. The summed E-state index contributed by atoms with van der Waals surface area (Å²) < 4.78 is 10.9. The lowest BCUT2D eigenvalue weighted by molar-refractivity contribution is 0.0524. The average Bonchev–Trinajstić information content (AvgIpc) is 2.46. The summed E-state index contributed by atoms with van der Waals surface area (Å²) in [5.41, 5.74) is 1.53. The van der Waals surface area contributed by atoms with Crippen molar-refractivity contribution in [2.75, 3.05) is 20.3 Å². The molecule has 0 aliphatic carbocycles. The standard InChI is InChI=1S/C15H16INO4/c1-3-21-15(19)11-8-17-13-6-9(4-5-20-2)12(16)7-10(13)14(11)18/h6-8H,3-5H2,1-2H3,(H,17,18). The Bertz CT molecular complexity index is 723. The summed E-state index contributed by atoms with van der Waals surface area (Å²) in [5, 5.41) is 0.492. The molecule has 0 aliphatic heterocycles. The molecule has 0 bridgehead atoms. The highest BCUT2D eigenvalue weighted by molar-refractivity contribution is 14.1. The van der Waals surface area contributed by atoms with E-state index in [0.29, 0.717) is 17.5 Å². The van der Waals surface area contributed by atoms with Gasteiger partial charge in [0, 0.05) is 27.8 Å². The van der Waals surface area contributed by atoms with E-state index in [1.807, 2.05) is 6.07 Å². The van der Waals surface area contributed by atoms with Gasteiger partial charge in [0.25, 0.3) is 0 Å². The Morgan fingerprint density at radius 3 is 2.81 bits per heavy atom. The maximum atomic E-state index is 12.4. The molecule has 1 heterocycles. The van der Waals surface area contributed by atoms with Crippen LogP contribution in [0.4, 0.5) is 0 Å². The molecule has 0 saturated heterocycles. The molecule has 112 valence electrons. The molecule has 0 fully saturated rings. The number of rotatable bonds is 5. The minimum atomic E-state index is -0.598. The molecule has 0 atom stereocenters. The fourth-order valence-corrected chi connectivity index (χ4v) is 2.79. The monoisotopic (exact) mass is 401 g/mol. The number of halogens is 1. The fourth-order valence-electron chi connectivity index (χ4n) is 2.05. The molecule has 6 heteroatoms. The molecule has 0 unspecified atom stereocenters. The van der Waals surface area contributed by atoms with Crippen LogP contribution in [0.2, 0.25) is 0 Å². The van der Waals surface area contributed by atoms with Crippen molar-refractivity contribution in [3.63, 3.8) is 0 Å². The first-order valence-electron chi connectivity index (χ1n) is 6.58. The summed E-state index contributed by atoms with van der Waals surface area (Å²) in [6.45, 7) is 2.56. The van der Waals surface area contributed by atoms with Gasteiger partial charge in [-0.2, -0.15) is 0 Å². The number of aromatic amines is 1. The van der Waals surface area contributed by atoms with Crippen LogP contribution in [0, 0.1) is 3.57 Å². The second kappa shape index (κ2) is 7.04. The fraction of sp³-hybridized carbons (Fsp3) is 0.333. The van der Waals surface area contributed by atoms with E-state index in [9.17, 15) is 9.59 Å². The van der Waals surface area contributed by atoms with Crippen molar-refractivity contribution >= 4 is 39.5 Å². The number of pyridine rings is 1. The highest BCUT2D eigenvalue weighted by Crippen LogP contribution is 2.19. The Labute approximate surface area is 135 Å². The van der Waals surface area contributed by atoms with Gasteiger partial charge < -0.3 is 14.5 Å². The SMILES string of the molecule is CCOC(=O)c1c[nH]c2cc(CCOC)c(I)cc2c1=O. The highest BCUT2D eigenvalue weighted by atomic mass is 127. The number of ether oxygens (including phenoxy) is 2. The number of carbonyl (C=O) groups excluding carboxylic acids is 1. The van der Waals surface area contributed by atoms with E-state index in [-0.39, 0.29) is 17.6 Å². The van der Waals surface area contributed by atoms with Gasteiger partial charge in [-0.1, -0.05) is 0 Å². The molecule has 1 aromatic carbocycles. The zero-order valence-electron chi connectivity index (χ0n) is 11.9. The van der Waals surface area contributed by atoms with Crippen molar-refractivity contribution in [2.24, 2.45) is 0 Å². The quantitative estimate of drug-likeness (QED) is 0.618. The minimum absolute atomic E-state index is 0.0322. The zero-order chi connectivity index (χ0) is 15.4. The Morgan fingerprint density at radius 1 is 1.38 bits per heavy atom. The third-order valence-electron chi connectivity index (χ3n) is 3.12. The van der Waals surface area contributed by atoms with Crippen LogP contribution in [0.5, 0.6) is 0 Å². The lowest BCUT2D eigenvalue weighted by Crippen LogP contribution is -2.18. The molecule has 5 nitrogen and oxygen atoms in total. The lowest BCUT2D eigenvalue weighted by Gasteiger charge is -2.08. The molecule has 1 N–H and O–H groups in total.